The number of aryl methyl sites for hydroxylation is 1. The molecular weight excluding hydrogens is 226 g/mol. The van der Waals surface area contributed by atoms with Crippen LogP contribution in [0.5, 0.6) is 0 Å². The molecule has 0 unspecified atom stereocenters. The van der Waals surface area contributed by atoms with Crippen molar-refractivity contribution in [3.05, 3.63) is 29.3 Å². The van der Waals surface area contributed by atoms with E-state index < -0.39 is 0 Å². The summed E-state index contributed by atoms with van der Waals surface area (Å²) in [4.78, 5) is 14.1. The number of nitrogens with one attached hydrogen (secondary N) is 1. The zero-order valence-electron chi connectivity index (χ0n) is 11.1. The highest BCUT2D eigenvalue weighted by Gasteiger charge is 2.22. The SMILES string of the molecule is Cc1cc(NN)ccc1C(=O)N(C)CC1CCC1. The molecule has 98 valence electrons. The van der Waals surface area contributed by atoms with Gasteiger partial charge >= 0.3 is 0 Å². The van der Waals surface area contributed by atoms with Crippen molar-refractivity contribution in [2.24, 2.45) is 11.8 Å². The van der Waals surface area contributed by atoms with Gasteiger partial charge in [-0.15, -0.1) is 0 Å². The molecule has 0 atom stereocenters. The van der Waals surface area contributed by atoms with Crippen molar-refractivity contribution in [3.8, 4) is 0 Å². The fourth-order valence-corrected chi connectivity index (χ4v) is 2.34. The highest BCUT2D eigenvalue weighted by molar-refractivity contribution is 5.95. The second-order valence-electron chi connectivity index (χ2n) is 5.16. The van der Waals surface area contributed by atoms with E-state index in [9.17, 15) is 4.79 Å². The molecule has 0 bridgehead atoms. The number of hydrogen-bond donors (Lipinski definition) is 2. The molecule has 1 fully saturated rings. The first kappa shape index (κ1) is 12.9. The summed E-state index contributed by atoms with van der Waals surface area (Å²) in [7, 11) is 1.88. The lowest BCUT2D eigenvalue weighted by Gasteiger charge is -2.30. The molecule has 0 spiro atoms. The van der Waals surface area contributed by atoms with Gasteiger partial charge in [-0.1, -0.05) is 6.42 Å². The highest BCUT2D eigenvalue weighted by atomic mass is 16.2. The van der Waals surface area contributed by atoms with Crippen molar-refractivity contribution in [1.29, 1.82) is 0 Å². The molecule has 1 aromatic carbocycles. The molecule has 0 saturated heterocycles. The Hall–Kier alpha value is -1.55. The lowest BCUT2D eigenvalue weighted by Crippen LogP contribution is -2.34. The van der Waals surface area contributed by atoms with E-state index in [0.29, 0.717) is 5.92 Å². The molecule has 1 amide bonds. The van der Waals surface area contributed by atoms with Crippen LogP contribution in [0.4, 0.5) is 5.69 Å². The van der Waals surface area contributed by atoms with Crippen LogP contribution < -0.4 is 11.3 Å². The normalized spacial score (nSPS) is 15.1. The van der Waals surface area contributed by atoms with E-state index in [-0.39, 0.29) is 5.91 Å². The maximum absolute atomic E-state index is 12.3. The number of nitrogens with two attached hydrogens (primary N) is 1. The van der Waals surface area contributed by atoms with Gasteiger partial charge < -0.3 is 10.3 Å². The van der Waals surface area contributed by atoms with Crippen LogP contribution in [0.2, 0.25) is 0 Å². The summed E-state index contributed by atoms with van der Waals surface area (Å²) in [5.41, 5.74) is 5.13. The summed E-state index contributed by atoms with van der Waals surface area (Å²) in [6.45, 7) is 2.81. The van der Waals surface area contributed by atoms with Gasteiger partial charge in [-0.2, -0.15) is 0 Å². The third kappa shape index (κ3) is 2.64. The van der Waals surface area contributed by atoms with Gasteiger partial charge in [0.2, 0.25) is 0 Å². The summed E-state index contributed by atoms with van der Waals surface area (Å²) < 4.78 is 0. The number of rotatable bonds is 4. The largest absolute Gasteiger partial charge is 0.341 e. The molecule has 1 aliphatic rings. The number of amides is 1. The van der Waals surface area contributed by atoms with Crippen molar-refractivity contribution < 1.29 is 4.79 Å². The molecule has 0 aromatic heterocycles. The minimum absolute atomic E-state index is 0.1000. The van der Waals surface area contributed by atoms with Gasteiger partial charge in [0.25, 0.3) is 5.91 Å². The molecule has 3 N–H and O–H groups in total. The predicted molar refractivity (Wildman–Crippen MR) is 73.3 cm³/mol. The average Bonchev–Trinajstić information content (AvgIpc) is 2.32. The quantitative estimate of drug-likeness (QED) is 0.633. The summed E-state index contributed by atoms with van der Waals surface area (Å²) in [6.07, 6.45) is 3.82. The average molecular weight is 247 g/mol. The third-order valence-electron chi connectivity index (χ3n) is 3.73. The fourth-order valence-electron chi connectivity index (χ4n) is 2.34. The number of carbonyl (C=O) groups excluding carboxylic acids is 1. The Morgan fingerprint density at radius 2 is 2.22 bits per heavy atom. The molecule has 0 heterocycles. The van der Waals surface area contributed by atoms with Crippen LogP contribution in [-0.2, 0) is 0 Å². The third-order valence-corrected chi connectivity index (χ3v) is 3.73. The standard InChI is InChI=1S/C14H21N3O/c1-10-8-12(16-15)6-7-13(10)14(18)17(2)9-11-4-3-5-11/h6-8,11,16H,3-5,9,15H2,1-2H3. The van der Waals surface area contributed by atoms with E-state index in [2.05, 4.69) is 5.43 Å². The van der Waals surface area contributed by atoms with Gasteiger partial charge in [0.05, 0.1) is 0 Å². The van der Waals surface area contributed by atoms with E-state index in [1.54, 1.807) is 0 Å². The Kier molecular flexibility index (Phi) is 3.87. The molecule has 2 rings (SSSR count). The monoisotopic (exact) mass is 247 g/mol. The number of benzene rings is 1. The summed E-state index contributed by atoms with van der Waals surface area (Å²) in [5.74, 6) is 6.15. The maximum atomic E-state index is 12.3. The molecule has 1 aromatic rings. The minimum Gasteiger partial charge on any atom is -0.341 e. The van der Waals surface area contributed by atoms with Crippen molar-refractivity contribution in [2.45, 2.75) is 26.2 Å². The molecular formula is C14H21N3O. The molecule has 0 aliphatic heterocycles. The highest BCUT2D eigenvalue weighted by Crippen LogP contribution is 2.27. The Bertz CT molecular complexity index is 441. The molecule has 18 heavy (non-hydrogen) atoms. The van der Waals surface area contributed by atoms with Gasteiger partial charge in [-0.3, -0.25) is 10.6 Å². The van der Waals surface area contributed by atoms with Gasteiger partial charge in [0.1, 0.15) is 0 Å². The van der Waals surface area contributed by atoms with Gasteiger partial charge in [0, 0.05) is 24.8 Å². The first-order chi connectivity index (χ1) is 8.61. The van der Waals surface area contributed by atoms with Crippen LogP contribution >= 0.6 is 0 Å². The van der Waals surface area contributed by atoms with Crippen LogP contribution in [0, 0.1) is 12.8 Å². The molecule has 4 nitrogen and oxygen atoms in total. The van der Waals surface area contributed by atoms with Crippen molar-refractivity contribution >= 4 is 11.6 Å². The van der Waals surface area contributed by atoms with Crippen molar-refractivity contribution in [3.63, 3.8) is 0 Å². The molecule has 1 saturated carbocycles. The van der Waals surface area contributed by atoms with Crippen molar-refractivity contribution in [1.82, 2.24) is 4.90 Å². The summed E-state index contributed by atoms with van der Waals surface area (Å²) in [6, 6.07) is 5.56. The van der Waals surface area contributed by atoms with Gasteiger partial charge in [-0.05, 0) is 49.4 Å². The fraction of sp³-hybridized carbons (Fsp3) is 0.500. The number of hydrogen-bond acceptors (Lipinski definition) is 3. The van der Waals surface area contributed by atoms with Gasteiger partial charge in [-0.25, -0.2) is 0 Å². The van der Waals surface area contributed by atoms with Crippen LogP contribution in [0.15, 0.2) is 18.2 Å². The summed E-state index contributed by atoms with van der Waals surface area (Å²) >= 11 is 0. The smallest absolute Gasteiger partial charge is 0.253 e. The zero-order chi connectivity index (χ0) is 13.1. The van der Waals surface area contributed by atoms with Gasteiger partial charge in [0.15, 0.2) is 0 Å². The first-order valence-electron chi connectivity index (χ1n) is 6.44. The van der Waals surface area contributed by atoms with E-state index in [4.69, 9.17) is 5.84 Å². The number of nitrogen functional groups attached to an aromatic ring is 1. The lowest BCUT2D eigenvalue weighted by atomic mass is 9.85. The first-order valence-corrected chi connectivity index (χ1v) is 6.44. The van der Waals surface area contributed by atoms with E-state index in [1.807, 2.05) is 37.1 Å². The predicted octanol–water partition coefficient (Wildman–Crippen LogP) is 2.15. The van der Waals surface area contributed by atoms with Crippen LogP contribution in [0.3, 0.4) is 0 Å². The van der Waals surface area contributed by atoms with Crippen LogP contribution in [0.1, 0.15) is 35.2 Å². The van der Waals surface area contributed by atoms with E-state index in [0.717, 1.165) is 23.4 Å². The second-order valence-corrected chi connectivity index (χ2v) is 5.16. The van der Waals surface area contributed by atoms with Crippen LogP contribution in [-0.4, -0.2) is 24.4 Å². The topological polar surface area (TPSA) is 58.4 Å². The molecule has 1 aliphatic carbocycles. The summed E-state index contributed by atoms with van der Waals surface area (Å²) in [5, 5.41) is 0. The Labute approximate surface area is 108 Å². The maximum Gasteiger partial charge on any atom is 0.253 e. The number of hydrazine groups is 1. The molecule has 4 heteroatoms. The molecule has 0 radical (unpaired) electrons. The number of carbonyl (C=O) groups is 1. The number of anilines is 1. The van der Waals surface area contributed by atoms with Crippen molar-refractivity contribution in [2.75, 3.05) is 19.0 Å². The minimum atomic E-state index is 0.1000. The Balaban J connectivity index is 2.07. The van der Waals surface area contributed by atoms with E-state index >= 15 is 0 Å². The lowest BCUT2D eigenvalue weighted by molar-refractivity contribution is 0.0744. The Morgan fingerprint density at radius 3 is 2.72 bits per heavy atom. The Morgan fingerprint density at radius 1 is 1.50 bits per heavy atom. The second kappa shape index (κ2) is 5.40. The number of nitrogens with zero attached hydrogens (tertiary/aromatic N) is 1. The van der Waals surface area contributed by atoms with E-state index in [1.165, 1.54) is 19.3 Å². The zero-order valence-corrected chi connectivity index (χ0v) is 11.1. The van der Waals surface area contributed by atoms with Crippen LogP contribution in [0.25, 0.3) is 0 Å².